The van der Waals surface area contributed by atoms with E-state index >= 15 is 0 Å². The summed E-state index contributed by atoms with van der Waals surface area (Å²) in [6, 6.07) is 0. The Balaban J connectivity index is 1.77. The van der Waals surface area contributed by atoms with Gasteiger partial charge in [0.05, 0.1) is 5.54 Å². The standard InChI is InChI=1S/C17H30N4/c1-3-13-9-11-17(18,12-10-13)16-19-15(20-21(16)2)14-7-5-4-6-8-14/h13-14H,3-12,18H2,1-2H3. The van der Waals surface area contributed by atoms with E-state index in [-0.39, 0.29) is 5.54 Å². The summed E-state index contributed by atoms with van der Waals surface area (Å²) >= 11 is 0. The fraction of sp³-hybridized carbons (Fsp3) is 0.882. The van der Waals surface area contributed by atoms with E-state index in [1.54, 1.807) is 0 Å². The van der Waals surface area contributed by atoms with Crippen LogP contribution in [0.1, 0.15) is 88.7 Å². The van der Waals surface area contributed by atoms with E-state index in [4.69, 9.17) is 15.8 Å². The van der Waals surface area contributed by atoms with Gasteiger partial charge >= 0.3 is 0 Å². The van der Waals surface area contributed by atoms with Crippen LogP contribution in [0.2, 0.25) is 0 Å². The summed E-state index contributed by atoms with van der Waals surface area (Å²) in [6.45, 7) is 2.29. The van der Waals surface area contributed by atoms with Gasteiger partial charge in [-0.2, -0.15) is 5.10 Å². The lowest BCUT2D eigenvalue weighted by atomic mass is 9.75. The van der Waals surface area contributed by atoms with Crippen molar-refractivity contribution in [3.05, 3.63) is 11.6 Å². The van der Waals surface area contributed by atoms with Crippen molar-refractivity contribution < 1.29 is 0 Å². The van der Waals surface area contributed by atoms with Gasteiger partial charge in [0.2, 0.25) is 0 Å². The van der Waals surface area contributed by atoms with Crippen LogP contribution in [-0.2, 0) is 12.6 Å². The summed E-state index contributed by atoms with van der Waals surface area (Å²) in [5.74, 6) is 3.49. The van der Waals surface area contributed by atoms with Gasteiger partial charge in [-0.25, -0.2) is 4.98 Å². The van der Waals surface area contributed by atoms with Crippen molar-refractivity contribution in [2.75, 3.05) is 0 Å². The highest BCUT2D eigenvalue weighted by molar-refractivity contribution is 5.11. The maximum Gasteiger partial charge on any atom is 0.154 e. The molecule has 4 nitrogen and oxygen atoms in total. The number of nitrogens with zero attached hydrogens (tertiary/aromatic N) is 3. The van der Waals surface area contributed by atoms with E-state index < -0.39 is 0 Å². The molecular weight excluding hydrogens is 260 g/mol. The Bertz CT molecular complexity index is 465. The van der Waals surface area contributed by atoms with E-state index in [0.717, 1.165) is 30.4 Å². The van der Waals surface area contributed by atoms with Crippen LogP contribution in [0, 0.1) is 5.92 Å². The molecular formula is C17H30N4. The predicted molar refractivity (Wildman–Crippen MR) is 84.9 cm³/mol. The van der Waals surface area contributed by atoms with E-state index in [2.05, 4.69) is 6.92 Å². The molecule has 1 aromatic heterocycles. The van der Waals surface area contributed by atoms with Crippen LogP contribution in [0.25, 0.3) is 0 Å². The first-order valence-corrected chi connectivity index (χ1v) is 8.82. The average molecular weight is 290 g/mol. The lowest BCUT2D eigenvalue weighted by molar-refractivity contribution is 0.217. The highest BCUT2D eigenvalue weighted by Gasteiger charge is 2.37. The van der Waals surface area contributed by atoms with E-state index in [9.17, 15) is 0 Å². The Morgan fingerprint density at radius 2 is 1.81 bits per heavy atom. The molecule has 0 saturated heterocycles. The zero-order valence-electron chi connectivity index (χ0n) is 13.6. The highest BCUT2D eigenvalue weighted by Crippen LogP contribution is 2.39. The minimum absolute atomic E-state index is 0.250. The van der Waals surface area contributed by atoms with Crippen molar-refractivity contribution in [2.45, 2.75) is 82.6 Å². The first kappa shape index (κ1) is 15.0. The largest absolute Gasteiger partial charge is 0.319 e. The number of aromatic nitrogens is 3. The molecule has 0 aliphatic heterocycles. The van der Waals surface area contributed by atoms with Crippen LogP contribution in [0.4, 0.5) is 0 Å². The second-order valence-electron chi connectivity index (χ2n) is 7.26. The smallest absolute Gasteiger partial charge is 0.154 e. The van der Waals surface area contributed by atoms with E-state index in [1.165, 1.54) is 51.4 Å². The Kier molecular flexibility index (Phi) is 4.34. The van der Waals surface area contributed by atoms with Gasteiger partial charge in [0.25, 0.3) is 0 Å². The second-order valence-corrected chi connectivity index (χ2v) is 7.26. The zero-order chi connectivity index (χ0) is 14.9. The van der Waals surface area contributed by atoms with Crippen LogP contribution in [0.5, 0.6) is 0 Å². The van der Waals surface area contributed by atoms with Crippen molar-refractivity contribution in [1.29, 1.82) is 0 Å². The molecule has 0 unspecified atom stereocenters. The quantitative estimate of drug-likeness (QED) is 0.925. The summed E-state index contributed by atoms with van der Waals surface area (Å²) < 4.78 is 1.97. The average Bonchev–Trinajstić information content (AvgIpc) is 2.92. The molecule has 0 atom stereocenters. The molecule has 2 saturated carbocycles. The van der Waals surface area contributed by atoms with E-state index in [0.29, 0.717) is 5.92 Å². The maximum atomic E-state index is 6.72. The summed E-state index contributed by atoms with van der Waals surface area (Å²) in [4.78, 5) is 4.91. The molecule has 21 heavy (non-hydrogen) atoms. The molecule has 2 aliphatic carbocycles. The van der Waals surface area contributed by atoms with Gasteiger partial charge in [0.15, 0.2) is 5.82 Å². The van der Waals surface area contributed by atoms with E-state index in [1.807, 2.05) is 11.7 Å². The molecule has 0 radical (unpaired) electrons. The third-order valence-corrected chi connectivity index (χ3v) is 5.77. The number of nitrogens with two attached hydrogens (primary N) is 1. The summed E-state index contributed by atoms with van der Waals surface area (Å²) in [7, 11) is 2.02. The van der Waals surface area contributed by atoms with Gasteiger partial charge in [-0.3, -0.25) is 4.68 Å². The normalized spacial score (nSPS) is 31.5. The Hall–Kier alpha value is -0.900. The van der Waals surface area contributed by atoms with Crippen LogP contribution >= 0.6 is 0 Å². The molecule has 0 aromatic carbocycles. The van der Waals surface area contributed by atoms with Crippen molar-refractivity contribution in [1.82, 2.24) is 14.8 Å². The molecule has 3 rings (SSSR count). The zero-order valence-corrected chi connectivity index (χ0v) is 13.6. The number of hydrogen-bond acceptors (Lipinski definition) is 3. The van der Waals surface area contributed by atoms with Crippen molar-refractivity contribution >= 4 is 0 Å². The van der Waals surface area contributed by atoms with Crippen molar-refractivity contribution in [3.8, 4) is 0 Å². The second kappa shape index (κ2) is 6.07. The molecule has 4 heteroatoms. The minimum Gasteiger partial charge on any atom is -0.319 e. The van der Waals surface area contributed by atoms with Crippen LogP contribution in [0.3, 0.4) is 0 Å². The van der Waals surface area contributed by atoms with Crippen LogP contribution < -0.4 is 5.73 Å². The number of aryl methyl sites for hydroxylation is 1. The SMILES string of the molecule is CCC1CCC(N)(c2nc(C3CCCCC3)nn2C)CC1. The van der Waals surface area contributed by atoms with Crippen molar-refractivity contribution in [2.24, 2.45) is 18.7 Å². The van der Waals surface area contributed by atoms with Crippen LogP contribution in [0.15, 0.2) is 0 Å². The molecule has 2 aliphatic rings. The fourth-order valence-corrected chi connectivity index (χ4v) is 4.20. The molecule has 118 valence electrons. The molecule has 2 N–H and O–H groups in total. The van der Waals surface area contributed by atoms with Gasteiger partial charge in [-0.15, -0.1) is 0 Å². The van der Waals surface area contributed by atoms with Gasteiger partial charge < -0.3 is 5.73 Å². The van der Waals surface area contributed by atoms with Crippen LogP contribution in [-0.4, -0.2) is 14.8 Å². The number of rotatable bonds is 3. The first-order chi connectivity index (χ1) is 10.1. The number of hydrogen-bond donors (Lipinski definition) is 1. The highest BCUT2D eigenvalue weighted by atomic mass is 15.3. The molecule has 1 aromatic rings. The Labute approximate surface area is 128 Å². The minimum atomic E-state index is -0.250. The maximum absolute atomic E-state index is 6.72. The fourth-order valence-electron chi connectivity index (χ4n) is 4.20. The summed E-state index contributed by atoms with van der Waals surface area (Å²) in [5, 5.41) is 4.72. The molecule has 1 heterocycles. The molecule has 2 fully saturated rings. The first-order valence-electron chi connectivity index (χ1n) is 8.82. The summed E-state index contributed by atoms with van der Waals surface area (Å²) in [5.41, 5.74) is 6.47. The third kappa shape index (κ3) is 3.01. The van der Waals surface area contributed by atoms with Crippen molar-refractivity contribution in [3.63, 3.8) is 0 Å². The Morgan fingerprint density at radius 3 is 2.43 bits per heavy atom. The van der Waals surface area contributed by atoms with Gasteiger partial charge in [-0.05, 0) is 44.4 Å². The summed E-state index contributed by atoms with van der Waals surface area (Å²) in [6.07, 6.45) is 12.4. The molecule has 0 amide bonds. The third-order valence-electron chi connectivity index (χ3n) is 5.77. The topological polar surface area (TPSA) is 56.7 Å². The van der Waals surface area contributed by atoms with Gasteiger partial charge in [-0.1, -0.05) is 32.6 Å². The Morgan fingerprint density at radius 1 is 1.14 bits per heavy atom. The van der Waals surface area contributed by atoms with Gasteiger partial charge in [0, 0.05) is 13.0 Å². The monoisotopic (exact) mass is 290 g/mol. The van der Waals surface area contributed by atoms with Gasteiger partial charge in [0.1, 0.15) is 5.82 Å². The predicted octanol–water partition coefficient (Wildman–Crippen LogP) is 3.62. The molecule has 0 spiro atoms. The molecule has 0 bridgehead atoms. The lowest BCUT2D eigenvalue weighted by Crippen LogP contribution is -2.42. The lowest BCUT2D eigenvalue weighted by Gasteiger charge is -2.35.